The van der Waals surface area contributed by atoms with Gasteiger partial charge in [0.05, 0.1) is 11.0 Å². The lowest BCUT2D eigenvalue weighted by Gasteiger charge is -2.28. The molecule has 0 aliphatic heterocycles. The van der Waals surface area contributed by atoms with E-state index in [2.05, 4.69) is 230 Å². The van der Waals surface area contributed by atoms with Crippen LogP contribution in [0.3, 0.4) is 0 Å². The highest BCUT2D eigenvalue weighted by Gasteiger charge is 2.35. The summed E-state index contributed by atoms with van der Waals surface area (Å²) in [5.41, 5.74) is 17.1. The first-order valence-corrected chi connectivity index (χ1v) is 19.8. The van der Waals surface area contributed by atoms with Crippen molar-refractivity contribution in [3.8, 4) is 39.1 Å². The van der Waals surface area contributed by atoms with E-state index >= 15 is 0 Å². The average Bonchev–Trinajstić information content (AvgIpc) is 3.73. The van der Waals surface area contributed by atoms with Gasteiger partial charge in [0, 0.05) is 38.9 Å². The number of fused-ring (bicyclic) bond motifs is 8. The number of benzene rings is 9. The molecule has 0 saturated carbocycles. The molecule has 1 aromatic heterocycles. The van der Waals surface area contributed by atoms with E-state index in [0.29, 0.717) is 0 Å². The molecule has 0 bridgehead atoms. The fourth-order valence-corrected chi connectivity index (χ4v) is 9.34. The van der Waals surface area contributed by atoms with Gasteiger partial charge in [-0.05, 0) is 122 Å². The Labute approximate surface area is 333 Å². The Morgan fingerprint density at radius 3 is 1.70 bits per heavy atom. The van der Waals surface area contributed by atoms with Crippen molar-refractivity contribution in [2.75, 3.05) is 4.90 Å². The molecule has 1 aliphatic carbocycles. The molecule has 10 aromatic rings. The van der Waals surface area contributed by atoms with Crippen molar-refractivity contribution < 1.29 is 0 Å². The van der Waals surface area contributed by atoms with Crippen LogP contribution < -0.4 is 4.90 Å². The number of anilines is 3. The van der Waals surface area contributed by atoms with Gasteiger partial charge in [0.15, 0.2) is 0 Å². The zero-order chi connectivity index (χ0) is 38.1. The van der Waals surface area contributed by atoms with E-state index in [1.54, 1.807) is 0 Å². The Kier molecular flexibility index (Phi) is 7.55. The molecule has 0 spiro atoms. The quantitative estimate of drug-likeness (QED) is 0.165. The van der Waals surface area contributed by atoms with Crippen LogP contribution in [0.2, 0.25) is 0 Å². The molecule has 1 aliphatic rings. The Balaban J connectivity index is 1.04. The monoisotopic (exact) mass is 728 g/mol. The van der Waals surface area contributed by atoms with Crippen LogP contribution in [0.1, 0.15) is 25.0 Å². The van der Waals surface area contributed by atoms with Crippen molar-refractivity contribution >= 4 is 49.6 Å². The average molecular weight is 729 g/mol. The molecule has 0 saturated heterocycles. The van der Waals surface area contributed by atoms with Crippen molar-refractivity contribution in [3.63, 3.8) is 0 Å². The lowest BCUT2D eigenvalue weighted by Crippen LogP contribution is -2.16. The van der Waals surface area contributed by atoms with E-state index in [1.165, 1.54) is 82.8 Å². The highest BCUT2D eigenvalue weighted by Crippen LogP contribution is 2.51. The third kappa shape index (κ3) is 5.33. The third-order valence-electron chi connectivity index (χ3n) is 12.2. The van der Waals surface area contributed by atoms with E-state index in [-0.39, 0.29) is 5.41 Å². The minimum atomic E-state index is -0.0950. The fraction of sp³-hybridized carbons (Fsp3) is 0.0545. The SMILES string of the molecule is CC1(C)c2ccccc2-c2ccc(N(c3ccc(-c4ccccc4)cc3)c3ccc(-c4ccc5c(c4)c4c6ccccc6ccc4n5-c4ccccc4)cc3)cc21. The number of aromatic nitrogens is 1. The molecule has 0 atom stereocenters. The molecular weight excluding hydrogens is 689 g/mol. The Hall–Kier alpha value is -7.16. The van der Waals surface area contributed by atoms with Crippen LogP contribution in [0, 0.1) is 0 Å². The van der Waals surface area contributed by atoms with Gasteiger partial charge in [-0.1, -0.05) is 153 Å². The zero-order valence-electron chi connectivity index (χ0n) is 32.0. The Bertz CT molecular complexity index is 3120. The van der Waals surface area contributed by atoms with Gasteiger partial charge < -0.3 is 9.47 Å². The van der Waals surface area contributed by atoms with Gasteiger partial charge >= 0.3 is 0 Å². The molecule has 0 unspecified atom stereocenters. The predicted molar refractivity (Wildman–Crippen MR) is 241 cm³/mol. The first kappa shape index (κ1) is 33.2. The summed E-state index contributed by atoms with van der Waals surface area (Å²) in [4.78, 5) is 2.40. The van der Waals surface area contributed by atoms with Gasteiger partial charge in [0.1, 0.15) is 0 Å². The van der Waals surface area contributed by atoms with Crippen LogP contribution in [0.25, 0.3) is 71.6 Å². The second kappa shape index (κ2) is 13.0. The largest absolute Gasteiger partial charge is 0.310 e. The fourth-order valence-electron chi connectivity index (χ4n) is 9.34. The molecule has 1 heterocycles. The summed E-state index contributed by atoms with van der Waals surface area (Å²) in [6.07, 6.45) is 0. The molecule has 270 valence electrons. The van der Waals surface area contributed by atoms with Crippen molar-refractivity contribution in [2.24, 2.45) is 0 Å². The topological polar surface area (TPSA) is 8.17 Å². The molecule has 11 rings (SSSR count). The minimum absolute atomic E-state index is 0.0950. The summed E-state index contributed by atoms with van der Waals surface area (Å²) in [5, 5.41) is 5.07. The highest BCUT2D eigenvalue weighted by molar-refractivity contribution is 6.21. The first-order valence-electron chi connectivity index (χ1n) is 19.8. The van der Waals surface area contributed by atoms with Crippen LogP contribution in [-0.4, -0.2) is 4.57 Å². The van der Waals surface area contributed by atoms with E-state index in [0.717, 1.165) is 17.1 Å². The van der Waals surface area contributed by atoms with E-state index in [4.69, 9.17) is 0 Å². The number of hydrogen-bond acceptors (Lipinski definition) is 1. The first-order chi connectivity index (χ1) is 28.0. The summed E-state index contributed by atoms with van der Waals surface area (Å²) in [6.45, 7) is 4.71. The lowest BCUT2D eigenvalue weighted by atomic mass is 9.82. The maximum Gasteiger partial charge on any atom is 0.0547 e. The van der Waals surface area contributed by atoms with Gasteiger partial charge in [0.2, 0.25) is 0 Å². The molecule has 2 nitrogen and oxygen atoms in total. The van der Waals surface area contributed by atoms with Crippen molar-refractivity contribution in [3.05, 3.63) is 217 Å². The molecule has 0 amide bonds. The van der Waals surface area contributed by atoms with Crippen molar-refractivity contribution in [2.45, 2.75) is 19.3 Å². The molecule has 0 fully saturated rings. The normalized spacial score (nSPS) is 12.9. The van der Waals surface area contributed by atoms with Gasteiger partial charge in [0.25, 0.3) is 0 Å². The van der Waals surface area contributed by atoms with Crippen molar-refractivity contribution in [1.29, 1.82) is 0 Å². The van der Waals surface area contributed by atoms with Gasteiger partial charge in [-0.3, -0.25) is 0 Å². The van der Waals surface area contributed by atoms with E-state index in [1.807, 2.05) is 0 Å². The van der Waals surface area contributed by atoms with Crippen molar-refractivity contribution in [1.82, 2.24) is 4.57 Å². The van der Waals surface area contributed by atoms with Crippen LogP contribution in [0.4, 0.5) is 17.1 Å². The minimum Gasteiger partial charge on any atom is -0.310 e. The second-order valence-electron chi connectivity index (χ2n) is 15.8. The summed E-state index contributed by atoms with van der Waals surface area (Å²) in [6, 6.07) is 75.6. The second-order valence-corrected chi connectivity index (χ2v) is 15.8. The molecule has 57 heavy (non-hydrogen) atoms. The van der Waals surface area contributed by atoms with E-state index in [9.17, 15) is 0 Å². The van der Waals surface area contributed by atoms with Crippen LogP contribution >= 0.6 is 0 Å². The van der Waals surface area contributed by atoms with E-state index < -0.39 is 0 Å². The molecule has 0 N–H and O–H groups in total. The smallest absolute Gasteiger partial charge is 0.0547 e. The molecular formula is C55H40N2. The standard InChI is InChI=1S/C55H40N2/c1-55(2)50-20-12-11-19-47(50)48-32-31-45(36-51(48)55)56(43-27-21-38(22-28-43)37-13-5-3-6-14-37)44-29-23-39(24-30-44)41-26-33-52-49(35-41)54-46-18-10-9-15-40(46)25-34-53(54)57(52)42-16-7-4-8-17-42/h3-36H,1-2H3. The maximum atomic E-state index is 2.41. The Morgan fingerprint density at radius 2 is 0.947 bits per heavy atom. The number of hydrogen-bond donors (Lipinski definition) is 0. The number of rotatable bonds is 6. The van der Waals surface area contributed by atoms with Gasteiger partial charge in [-0.25, -0.2) is 0 Å². The number of nitrogens with zero attached hydrogens (tertiary/aromatic N) is 2. The summed E-state index contributed by atoms with van der Waals surface area (Å²) >= 11 is 0. The summed E-state index contributed by atoms with van der Waals surface area (Å²) in [7, 11) is 0. The molecule has 2 heteroatoms. The summed E-state index contributed by atoms with van der Waals surface area (Å²) in [5.74, 6) is 0. The predicted octanol–water partition coefficient (Wildman–Crippen LogP) is 15.0. The molecule has 9 aromatic carbocycles. The maximum absolute atomic E-state index is 2.41. The van der Waals surface area contributed by atoms with Gasteiger partial charge in [-0.15, -0.1) is 0 Å². The zero-order valence-corrected chi connectivity index (χ0v) is 32.0. The third-order valence-corrected chi connectivity index (χ3v) is 12.2. The van der Waals surface area contributed by atoms with Crippen LogP contribution in [0.15, 0.2) is 206 Å². The van der Waals surface area contributed by atoms with Crippen LogP contribution in [0.5, 0.6) is 0 Å². The lowest BCUT2D eigenvalue weighted by molar-refractivity contribution is 0.660. The highest BCUT2D eigenvalue weighted by atomic mass is 15.1. The van der Waals surface area contributed by atoms with Gasteiger partial charge in [-0.2, -0.15) is 0 Å². The molecule has 0 radical (unpaired) electrons. The Morgan fingerprint density at radius 1 is 0.386 bits per heavy atom. The summed E-state index contributed by atoms with van der Waals surface area (Å²) < 4.78 is 2.40. The van der Waals surface area contributed by atoms with Crippen LogP contribution in [-0.2, 0) is 5.41 Å². The number of para-hydroxylation sites is 1.